The van der Waals surface area contributed by atoms with E-state index in [9.17, 15) is 13.2 Å². The fraction of sp³-hybridized carbons (Fsp3) is 0.105. The minimum Gasteiger partial charge on any atom is -0.444 e. The van der Waals surface area contributed by atoms with Gasteiger partial charge in [0.2, 0.25) is 0 Å². The second-order valence-corrected chi connectivity index (χ2v) is 8.20. The van der Waals surface area contributed by atoms with Gasteiger partial charge in [-0.1, -0.05) is 54.6 Å². The Bertz CT molecular complexity index is 1050. The molecule has 0 aliphatic carbocycles. The average Bonchev–Trinajstić information content (AvgIpc) is 2.64. The highest BCUT2D eigenvalue weighted by Gasteiger charge is 2.19. The van der Waals surface area contributed by atoms with E-state index in [1.165, 1.54) is 11.0 Å². The van der Waals surface area contributed by atoms with E-state index in [0.717, 1.165) is 5.56 Å². The van der Waals surface area contributed by atoms with E-state index in [1.54, 1.807) is 37.4 Å². The smallest absolute Gasteiger partial charge is 0.414 e. The van der Waals surface area contributed by atoms with E-state index in [-0.39, 0.29) is 11.5 Å². The highest BCUT2D eigenvalue weighted by atomic mass is 35.7. The third kappa shape index (κ3) is 3.81. The Balaban J connectivity index is 1.91. The third-order valence-corrected chi connectivity index (χ3v) is 5.34. The molecule has 3 aromatic rings. The summed E-state index contributed by atoms with van der Waals surface area (Å²) in [5.41, 5.74) is 1.41. The quantitative estimate of drug-likeness (QED) is 0.614. The summed E-state index contributed by atoms with van der Waals surface area (Å²) in [5, 5.41) is 1.04. The van der Waals surface area contributed by atoms with Gasteiger partial charge in [-0.05, 0) is 17.7 Å². The van der Waals surface area contributed by atoms with Crippen molar-refractivity contribution in [1.82, 2.24) is 0 Å². The first kappa shape index (κ1) is 18.2. The second-order valence-electron chi connectivity index (χ2n) is 5.67. The Kier molecular flexibility index (Phi) is 5.15. The van der Waals surface area contributed by atoms with Crippen LogP contribution in [0.5, 0.6) is 0 Å². The monoisotopic (exact) mass is 389 g/mol. The molecule has 0 fully saturated rings. The summed E-state index contributed by atoms with van der Waals surface area (Å²) in [6, 6.07) is 19.1. The first-order valence-electron chi connectivity index (χ1n) is 7.79. The molecule has 3 rings (SSSR count). The molecule has 0 aliphatic rings. The van der Waals surface area contributed by atoms with Crippen molar-refractivity contribution in [2.45, 2.75) is 11.5 Å². The lowest BCUT2D eigenvalue weighted by Crippen LogP contribution is -2.27. The number of carbonyl (C=O) groups excluding carboxylic acids is 1. The molecule has 0 heterocycles. The zero-order valence-corrected chi connectivity index (χ0v) is 15.5. The van der Waals surface area contributed by atoms with Crippen molar-refractivity contribution in [2.24, 2.45) is 0 Å². The molecular formula is C19H16ClNO4S. The molecule has 0 unspecified atom stereocenters. The van der Waals surface area contributed by atoms with Gasteiger partial charge in [-0.25, -0.2) is 13.2 Å². The van der Waals surface area contributed by atoms with E-state index in [2.05, 4.69) is 0 Å². The van der Waals surface area contributed by atoms with Gasteiger partial charge in [0.1, 0.15) is 6.61 Å². The Hall–Kier alpha value is -2.57. The lowest BCUT2D eigenvalue weighted by atomic mass is 10.1. The zero-order valence-electron chi connectivity index (χ0n) is 13.9. The van der Waals surface area contributed by atoms with Crippen molar-refractivity contribution in [3.63, 3.8) is 0 Å². The number of benzene rings is 3. The fourth-order valence-electron chi connectivity index (χ4n) is 2.68. The molecule has 26 heavy (non-hydrogen) atoms. The molecule has 5 nitrogen and oxygen atoms in total. The van der Waals surface area contributed by atoms with E-state index in [0.29, 0.717) is 16.5 Å². The van der Waals surface area contributed by atoms with Crippen LogP contribution in [0.4, 0.5) is 10.5 Å². The molecule has 0 spiro atoms. The fourth-order valence-corrected chi connectivity index (χ4v) is 3.77. The number of carbonyl (C=O) groups is 1. The molecule has 0 aliphatic heterocycles. The normalized spacial score (nSPS) is 11.3. The van der Waals surface area contributed by atoms with E-state index >= 15 is 0 Å². The van der Waals surface area contributed by atoms with Crippen LogP contribution in [-0.4, -0.2) is 21.6 Å². The SMILES string of the molecule is CN(C(=O)OCc1ccccc1)c1cccc2c(S(=O)(=O)Cl)cccc12. The summed E-state index contributed by atoms with van der Waals surface area (Å²) < 4.78 is 28.9. The zero-order chi connectivity index (χ0) is 18.7. The number of hydrogen-bond acceptors (Lipinski definition) is 4. The topological polar surface area (TPSA) is 63.7 Å². The molecule has 0 N–H and O–H groups in total. The average molecular weight is 390 g/mol. The van der Waals surface area contributed by atoms with Gasteiger partial charge in [-0.15, -0.1) is 0 Å². The molecule has 134 valence electrons. The molecule has 0 bridgehead atoms. The van der Waals surface area contributed by atoms with Crippen molar-refractivity contribution in [2.75, 3.05) is 11.9 Å². The van der Waals surface area contributed by atoms with Gasteiger partial charge in [-0.3, -0.25) is 4.90 Å². The lowest BCUT2D eigenvalue weighted by Gasteiger charge is -2.19. The molecule has 0 radical (unpaired) electrons. The molecule has 0 saturated heterocycles. The Morgan fingerprint density at radius 2 is 1.62 bits per heavy atom. The van der Waals surface area contributed by atoms with E-state index in [4.69, 9.17) is 15.4 Å². The standard InChI is InChI=1S/C19H16ClNO4S/c1-21(19(22)25-13-14-7-3-2-4-8-14)17-11-5-10-16-15(17)9-6-12-18(16)26(20,23)24/h2-12H,13H2,1H3. The van der Waals surface area contributed by atoms with Gasteiger partial charge < -0.3 is 4.74 Å². The molecule has 0 atom stereocenters. The largest absolute Gasteiger partial charge is 0.444 e. The third-order valence-electron chi connectivity index (χ3n) is 3.96. The summed E-state index contributed by atoms with van der Waals surface area (Å²) in [6.45, 7) is 0.149. The minimum absolute atomic E-state index is 0.00423. The molecule has 1 amide bonds. The number of halogens is 1. The van der Waals surface area contributed by atoms with Crippen molar-refractivity contribution < 1.29 is 17.9 Å². The Morgan fingerprint density at radius 3 is 2.31 bits per heavy atom. The van der Waals surface area contributed by atoms with Crippen LogP contribution in [0.15, 0.2) is 71.6 Å². The summed E-state index contributed by atoms with van der Waals surface area (Å²) >= 11 is 0. The number of rotatable bonds is 4. The predicted molar refractivity (Wildman–Crippen MR) is 102 cm³/mol. The van der Waals surface area contributed by atoms with Gasteiger partial charge in [0.15, 0.2) is 0 Å². The van der Waals surface area contributed by atoms with E-state index < -0.39 is 15.1 Å². The second kappa shape index (κ2) is 7.35. The van der Waals surface area contributed by atoms with Crippen LogP contribution in [0, 0.1) is 0 Å². The van der Waals surface area contributed by atoms with Gasteiger partial charge in [0, 0.05) is 28.5 Å². The number of hydrogen-bond donors (Lipinski definition) is 0. The first-order valence-corrected chi connectivity index (χ1v) is 10.1. The van der Waals surface area contributed by atoms with Crippen molar-refractivity contribution in [1.29, 1.82) is 0 Å². The van der Waals surface area contributed by atoms with Crippen molar-refractivity contribution in [3.05, 3.63) is 72.3 Å². The minimum atomic E-state index is -3.90. The summed E-state index contributed by atoms with van der Waals surface area (Å²) in [5.74, 6) is 0. The maximum atomic E-state index is 12.4. The van der Waals surface area contributed by atoms with E-state index in [1.807, 2.05) is 30.3 Å². The Morgan fingerprint density at radius 1 is 0.962 bits per heavy atom. The van der Waals surface area contributed by atoms with Crippen LogP contribution in [0.3, 0.4) is 0 Å². The molecule has 7 heteroatoms. The molecular weight excluding hydrogens is 374 g/mol. The van der Waals surface area contributed by atoms with Gasteiger partial charge in [0.05, 0.1) is 10.6 Å². The number of anilines is 1. The van der Waals surface area contributed by atoms with Crippen molar-refractivity contribution in [3.8, 4) is 0 Å². The highest BCUT2D eigenvalue weighted by molar-refractivity contribution is 8.14. The van der Waals surface area contributed by atoms with Crippen LogP contribution < -0.4 is 4.90 Å². The molecule has 0 aromatic heterocycles. The van der Waals surface area contributed by atoms with Crippen molar-refractivity contribution >= 4 is 42.3 Å². The summed E-state index contributed by atoms with van der Waals surface area (Å²) in [4.78, 5) is 13.7. The van der Waals surface area contributed by atoms with Crippen LogP contribution in [0.2, 0.25) is 0 Å². The van der Waals surface area contributed by atoms with Crippen LogP contribution in [0.25, 0.3) is 10.8 Å². The summed E-state index contributed by atoms with van der Waals surface area (Å²) in [7, 11) is 3.19. The number of nitrogens with zero attached hydrogens (tertiary/aromatic N) is 1. The lowest BCUT2D eigenvalue weighted by molar-refractivity contribution is 0.148. The number of ether oxygens (including phenoxy) is 1. The van der Waals surface area contributed by atoms with Crippen LogP contribution in [0.1, 0.15) is 5.56 Å². The Labute approximate surface area is 156 Å². The number of amides is 1. The van der Waals surface area contributed by atoms with Gasteiger partial charge in [0.25, 0.3) is 9.05 Å². The maximum Gasteiger partial charge on any atom is 0.414 e. The van der Waals surface area contributed by atoms with Crippen LogP contribution in [-0.2, 0) is 20.4 Å². The number of fused-ring (bicyclic) bond motifs is 1. The predicted octanol–water partition coefficient (Wildman–Crippen LogP) is 4.54. The van der Waals surface area contributed by atoms with Gasteiger partial charge >= 0.3 is 6.09 Å². The van der Waals surface area contributed by atoms with Crippen LogP contribution >= 0.6 is 10.7 Å². The summed E-state index contributed by atoms with van der Waals surface area (Å²) in [6.07, 6.45) is -0.541. The first-order chi connectivity index (χ1) is 12.4. The molecule has 0 saturated carbocycles. The maximum absolute atomic E-state index is 12.4. The molecule has 3 aromatic carbocycles. The van der Waals surface area contributed by atoms with Gasteiger partial charge in [-0.2, -0.15) is 0 Å². The highest BCUT2D eigenvalue weighted by Crippen LogP contribution is 2.32.